The van der Waals surface area contributed by atoms with Crippen LogP contribution in [0, 0.1) is 0 Å². The van der Waals surface area contributed by atoms with Gasteiger partial charge in [0.05, 0.1) is 6.04 Å². The van der Waals surface area contributed by atoms with Crippen LogP contribution in [-0.4, -0.2) is 45.3 Å². The fourth-order valence-electron chi connectivity index (χ4n) is 2.45. The quantitative estimate of drug-likeness (QED) is 0.789. The lowest BCUT2D eigenvalue weighted by Gasteiger charge is -2.28. The van der Waals surface area contributed by atoms with Crippen LogP contribution in [0.3, 0.4) is 0 Å². The lowest BCUT2D eigenvalue weighted by Crippen LogP contribution is -2.37. The highest BCUT2D eigenvalue weighted by Gasteiger charge is 2.33. The SMILES string of the molecule is CC(C)(C)OC(=O)N1CCC[C@H]1c1cncc(B(O)O)c1. The number of aromatic nitrogens is 1. The van der Waals surface area contributed by atoms with Crippen LogP contribution >= 0.6 is 0 Å². The molecule has 0 aromatic carbocycles. The van der Waals surface area contributed by atoms with E-state index in [-0.39, 0.29) is 12.1 Å². The van der Waals surface area contributed by atoms with Gasteiger partial charge in [0.25, 0.3) is 0 Å². The van der Waals surface area contributed by atoms with Gasteiger partial charge >= 0.3 is 13.2 Å². The Hall–Kier alpha value is -1.60. The van der Waals surface area contributed by atoms with Gasteiger partial charge in [-0.15, -0.1) is 0 Å². The third-order valence-corrected chi connectivity index (χ3v) is 3.34. The third-order valence-electron chi connectivity index (χ3n) is 3.34. The number of nitrogens with zero attached hydrogens (tertiary/aromatic N) is 2. The minimum absolute atomic E-state index is 0.133. The second-order valence-corrected chi connectivity index (χ2v) is 6.26. The van der Waals surface area contributed by atoms with Crippen LogP contribution in [0.25, 0.3) is 0 Å². The molecular weight excluding hydrogens is 271 g/mol. The van der Waals surface area contributed by atoms with Crippen molar-refractivity contribution in [2.24, 2.45) is 0 Å². The van der Waals surface area contributed by atoms with Crippen molar-refractivity contribution in [2.75, 3.05) is 6.54 Å². The molecule has 2 heterocycles. The Morgan fingerprint density at radius 1 is 1.43 bits per heavy atom. The molecule has 2 N–H and O–H groups in total. The molecule has 1 atom stereocenters. The molecule has 0 aliphatic carbocycles. The molecule has 0 bridgehead atoms. The van der Waals surface area contributed by atoms with Crippen molar-refractivity contribution in [1.82, 2.24) is 9.88 Å². The molecule has 2 rings (SSSR count). The van der Waals surface area contributed by atoms with Crippen LogP contribution in [0.2, 0.25) is 0 Å². The van der Waals surface area contributed by atoms with Crippen LogP contribution in [0.5, 0.6) is 0 Å². The van der Waals surface area contributed by atoms with Crippen molar-refractivity contribution in [1.29, 1.82) is 0 Å². The Morgan fingerprint density at radius 2 is 2.14 bits per heavy atom. The first-order valence-electron chi connectivity index (χ1n) is 7.08. The minimum atomic E-state index is -1.56. The van der Waals surface area contributed by atoms with E-state index in [1.165, 1.54) is 6.20 Å². The van der Waals surface area contributed by atoms with E-state index in [1.807, 2.05) is 20.8 Å². The summed E-state index contributed by atoms with van der Waals surface area (Å²) in [6, 6.07) is 1.54. The van der Waals surface area contributed by atoms with Crippen molar-refractivity contribution >= 4 is 18.7 Å². The van der Waals surface area contributed by atoms with E-state index < -0.39 is 12.7 Å². The van der Waals surface area contributed by atoms with Gasteiger partial charge in [0, 0.05) is 24.4 Å². The maximum absolute atomic E-state index is 12.2. The van der Waals surface area contributed by atoms with E-state index in [9.17, 15) is 14.8 Å². The van der Waals surface area contributed by atoms with E-state index in [0.717, 1.165) is 18.4 Å². The Kier molecular flexibility index (Phi) is 4.53. The molecule has 0 spiro atoms. The molecule has 7 heteroatoms. The smallest absolute Gasteiger partial charge is 0.444 e. The topological polar surface area (TPSA) is 82.9 Å². The molecule has 1 aliphatic rings. The summed E-state index contributed by atoms with van der Waals surface area (Å²) >= 11 is 0. The van der Waals surface area contributed by atoms with Gasteiger partial charge < -0.3 is 19.7 Å². The van der Waals surface area contributed by atoms with Crippen molar-refractivity contribution in [3.63, 3.8) is 0 Å². The summed E-state index contributed by atoms with van der Waals surface area (Å²) in [5, 5.41) is 18.5. The number of pyridine rings is 1. The molecule has 1 aromatic heterocycles. The zero-order chi connectivity index (χ0) is 15.6. The van der Waals surface area contributed by atoms with Crippen LogP contribution in [-0.2, 0) is 4.74 Å². The number of ether oxygens (including phenoxy) is 1. The number of carbonyl (C=O) groups excluding carboxylic acids is 1. The highest BCUT2D eigenvalue weighted by molar-refractivity contribution is 6.58. The second-order valence-electron chi connectivity index (χ2n) is 6.26. The predicted molar refractivity (Wildman–Crippen MR) is 79.0 cm³/mol. The Bertz CT molecular complexity index is 516. The molecule has 0 radical (unpaired) electrons. The van der Waals surface area contributed by atoms with Gasteiger partial charge in [0.15, 0.2) is 0 Å². The highest BCUT2D eigenvalue weighted by Crippen LogP contribution is 2.32. The number of carbonyl (C=O) groups is 1. The van der Waals surface area contributed by atoms with Crippen molar-refractivity contribution in [3.8, 4) is 0 Å². The van der Waals surface area contributed by atoms with Crippen molar-refractivity contribution in [3.05, 3.63) is 24.0 Å². The summed E-state index contributed by atoms with van der Waals surface area (Å²) in [7, 11) is -1.56. The van der Waals surface area contributed by atoms with Gasteiger partial charge in [-0.1, -0.05) is 6.07 Å². The second kappa shape index (κ2) is 6.03. The molecule has 1 amide bonds. The van der Waals surface area contributed by atoms with Crippen LogP contribution in [0.4, 0.5) is 4.79 Å². The lowest BCUT2D eigenvalue weighted by molar-refractivity contribution is 0.0224. The normalized spacial score (nSPS) is 18.7. The summed E-state index contributed by atoms with van der Waals surface area (Å²) in [4.78, 5) is 17.9. The summed E-state index contributed by atoms with van der Waals surface area (Å²) in [6.07, 6.45) is 4.40. The summed E-state index contributed by atoms with van der Waals surface area (Å²) in [5.74, 6) is 0. The van der Waals surface area contributed by atoms with Gasteiger partial charge in [-0.05, 0) is 39.2 Å². The van der Waals surface area contributed by atoms with Crippen LogP contribution < -0.4 is 5.46 Å². The van der Waals surface area contributed by atoms with Gasteiger partial charge in [0.2, 0.25) is 0 Å². The molecule has 114 valence electrons. The molecule has 0 unspecified atom stereocenters. The molecule has 1 fully saturated rings. The van der Waals surface area contributed by atoms with E-state index in [0.29, 0.717) is 12.0 Å². The van der Waals surface area contributed by atoms with Gasteiger partial charge in [0.1, 0.15) is 5.60 Å². The molecule has 1 saturated heterocycles. The molecule has 1 aliphatic heterocycles. The van der Waals surface area contributed by atoms with Crippen LogP contribution in [0.1, 0.15) is 45.2 Å². The maximum atomic E-state index is 12.2. The Labute approximate surface area is 124 Å². The summed E-state index contributed by atoms with van der Waals surface area (Å²) in [5.41, 5.74) is 0.582. The number of rotatable bonds is 2. The monoisotopic (exact) mass is 292 g/mol. The van der Waals surface area contributed by atoms with Gasteiger partial charge in [-0.3, -0.25) is 4.98 Å². The molecular formula is C14H21BN2O4. The minimum Gasteiger partial charge on any atom is -0.444 e. The van der Waals surface area contributed by atoms with Gasteiger partial charge in [-0.25, -0.2) is 4.79 Å². The zero-order valence-electron chi connectivity index (χ0n) is 12.6. The summed E-state index contributed by atoms with van der Waals surface area (Å²) in [6.45, 7) is 6.13. The fourth-order valence-corrected chi connectivity index (χ4v) is 2.45. The highest BCUT2D eigenvalue weighted by atomic mass is 16.6. The average molecular weight is 292 g/mol. The largest absolute Gasteiger partial charge is 0.490 e. The fraction of sp³-hybridized carbons (Fsp3) is 0.571. The first-order valence-corrected chi connectivity index (χ1v) is 7.08. The predicted octanol–water partition coefficient (Wildman–Crippen LogP) is 0.833. The van der Waals surface area contributed by atoms with Crippen LogP contribution in [0.15, 0.2) is 18.5 Å². The zero-order valence-corrected chi connectivity index (χ0v) is 12.6. The standard InChI is InChI=1S/C14H21BN2O4/c1-14(2,3)21-13(18)17-6-4-5-12(17)10-7-11(15(19)20)9-16-8-10/h7-9,12,19-20H,4-6H2,1-3H3/t12-/m0/s1. The first kappa shape index (κ1) is 15.8. The molecule has 6 nitrogen and oxygen atoms in total. The van der Waals surface area contributed by atoms with E-state index in [4.69, 9.17) is 4.74 Å². The van der Waals surface area contributed by atoms with E-state index in [2.05, 4.69) is 4.98 Å². The van der Waals surface area contributed by atoms with E-state index >= 15 is 0 Å². The Balaban J connectivity index is 2.18. The number of hydrogen-bond donors (Lipinski definition) is 2. The summed E-state index contributed by atoms with van der Waals surface area (Å²) < 4.78 is 5.42. The molecule has 1 aromatic rings. The van der Waals surface area contributed by atoms with Crippen molar-refractivity contribution < 1.29 is 19.6 Å². The lowest BCUT2D eigenvalue weighted by atomic mass is 9.80. The molecule has 0 saturated carbocycles. The van der Waals surface area contributed by atoms with Crippen molar-refractivity contribution in [2.45, 2.75) is 45.3 Å². The Morgan fingerprint density at radius 3 is 2.76 bits per heavy atom. The van der Waals surface area contributed by atoms with E-state index in [1.54, 1.807) is 17.2 Å². The first-order chi connectivity index (χ1) is 9.78. The maximum Gasteiger partial charge on any atom is 0.490 e. The average Bonchev–Trinajstić information content (AvgIpc) is 2.86. The number of likely N-dealkylation sites (tertiary alicyclic amines) is 1. The molecule has 21 heavy (non-hydrogen) atoms. The number of hydrogen-bond acceptors (Lipinski definition) is 5. The third kappa shape index (κ3) is 3.95. The number of amides is 1. The van der Waals surface area contributed by atoms with Gasteiger partial charge in [-0.2, -0.15) is 0 Å².